The highest BCUT2D eigenvalue weighted by Crippen LogP contribution is 1.96. The number of rotatable bonds is 6. The molecule has 0 amide bonds. The van der Waals surface area contributed by atoms with E-state index in [0.29, 0.717) is 18.2 Å². The molecule has 0 aliphatic rings. The van der Waals surface area contributed by atoms with Crippen LogP contribution in [0.4, 0.5) is 5.82 Å². The number of nitrogens with one attached hydrogen (secondary N) is 1. The van der Waals surface area contributed by atoms with Gasteiger partial charge in [-0.2, -0.15) is 0 Å². The molecule has 5 heteroatoms. The number of unbranched alkanes of at least 4 members (excludes halogenated alkanes) is 1. The molecule has 0 radical (unpaired) electrons. The van der Waals surface area contributed by atoms with Gasteiger partial charge in [0.25, 0.3) is 5.56 Å². The predicted octanol–water partition coefficient (Wildman–Crippen LogP) is 1.69. The normalized spacial score (nSPS) is 10.3. The van der Waals surface area contributed by atoms with Crippen LogP contribution in [0.25, 0.3) is 0 Å². The first-order chi connectivity index (χ1) is 7.29. The van der Waals surface area contributed by atoms with E-state index in [-0.39, 0.29) is 5.56 Å². The van der Waals surface area contributed by atoms with Crippen molar-refractivity contribution in [1.82, 2.24) is 9.55 Å². The molecule has 0 aliphatic carbocycles. The van der Waals surface area contributed by atoms with Gasteiger partial charge in [-0.15, -0.1) is 11.6 Å². The summed E-state index contributed by atoms with van der Waals surface area (Å²) in [5.41, 5.74) is -0.0640. The molecule has 0 atom stereocenters. The number of halogens is 1. The molecule has 1 heterocycles. The third kappa shape index (κ3) is 3.55. The fraction of sp³-hybridized carbons (Fsp3) is 0.600. The molecule has 0 saturated heterocycles. The van der Waals surface area contributed by atoms with Crippen LogP contribution in [-0.4, -0.2) is 22.0 Å². The standard InChI is InChI=1S/C10H16ClN3O/c1-2-14-8-7-13-9(10(14)15)12-6-4-3-5-11/h7-8H,2-6H2,1H3,(H,12,13). The van der Waals surface area contributed by atoms with E-state index in [1.807, 2.05) is 6.92 Å². The van der Waals surface area contributed by atoms with Gasteiger partial charge in [0.05, 0.1) is 0 Å². The minimum Gasteiger partial charge on any atom is -0.365 e. The Morgan fingerprint density at radius 2 is 2.33 bits per heavy atom. The zero-order valence-corrected chi connectivity index (χ0v) is 9.63. The smallest absolute Gasteiger partial charge is 0.293 e. The highest BCUT2D eigenvalue weighted by molar-refractivity contribution is 6.17. The molecular weight excluding hydrogens is 214 g/mol. The number of alkyl halides is 1. The lowest BCUT2D eigenvalue weighted by molar-refractivity contribution is 0.716. The van der Waals surface area contributed by atoms with Crippen LogP contribution in [0.5, 0.6) is 0 Å². The second kappa shape index (κ2) is 6.45. The number of nitrogens with zero attached hydrogens (tertiary/aromatic N) is 2. The average Bonchev–Trinajstić information content (AvgIpc) is 2.26. The fourth-order valence-electron chi connectivity index (χ4n) is 1.24. The van der Waals surface area contributed by atoms with Gasteiger partial charge in [0, 0.05) is 31.4 Å². The van der Waals surface area contributed by atoms with Crippen molar-refractivity contribution in [3.63, 3.8) is 0 Å². The molecule has 0 fully saturated rings. The van der Waals surface area contributed by atoms with Gasteiger partial charge in [-0.1, -0.05) is 0 Å². The van der Waals surface area contributed by atoms with E-state index in [1.54, 1.807) is 17.0 Å². The second-order valence-electron chi connectivity index (χ2n) is 3.19. The Balaban J connectivity index is 2.57. The minimum absolute atomic E-state index is 0.0640. The lowest BCUT2D eigenvalue weighted by atomic mass is 10.3. The zero-order valence-electron chi connectivity index (χ0n) is 8.87. The van der Waals surface area contributed by atoms with Crippen molar-refractivity contribution in [2.75, 3.05) is 17.7 Å². The third-order valence-corrected chi connectivity index (χ3v) is 2.37. The highest BCUT2D eigenvalue weighted by Gasteiger charge is 2.01. The molecule has 0 spiro atoms. The van der Waals surface area contributed by atoms with Crippen LogP contribution < -0.4 is 10.9 Å². The van der Waals surface area contributed by atoms with Crippen molar-refractivity contribution in [1.29, 1.82) is 0 Å². The van der Waals surface area contributed by atoms with Crippen molar-refractivity contribution in [2.45, 2.75) is 26.3 Å². The molecule has 0 bridgehead atoms. The second-order valence-corrected chi connectivity index (χ2v) is 3.57. The van der Waals surface area contributed by atoms with Crippen molar-refractivity contribution in [3.05, 3.63) is 22.7 Å². The fourth-order valence-corrected chi connectivity index (χ4v) is 1.43. The third-order valence-electron chi connectivity index (χ3n) is 2.11. The van der Waals surface area contributed by atoms with Crippen LogP contribution in [0.3, 0.4) is 0 Å². The number of hydrogen-bond donors (Lipinski definition) is 1. The summed E-state index contributed by atoms with van der Waals surface area (Å²) in [5, 5.41) is 3.02. The quantitative estimate of drug-likeness (QED) is 0.597. The van der Waals surface area contributed by atoms with E-state index in [2.05, 4.69) is 10.3 Å². The van der Waals surface area contributed by atoms with Gasteiger partial charge in [-0.25, -0.2) is 4.98 Å². The van der Waals surface area contributed by atoms with Crippen LogP contribution in [0, 0.1) is 0 Å². The monoisotopic (exact) mass is 229 g/mol. The summed E-state index contributed by atoms with van der Waals surface area (Å²) in [6, 6.07) is 0. The molecular formula is C10H16ClN3O. The summed E-state index contributed by atoms with van der Waals surface area (Å²) < 4.78 is 1.62. The van der Waals surface area contributed by atoms with Gasteiger partial charge in [-0.3, -0.25) is 4.79 Å². The topological polar surface area (TPSA) is 46.9 Å². The molecule has 15 heavy (non-hydrogen) atoms. The Hall–Kier alpha value is -1.03. The van der Waals surface area contributed by atoms with Crippen molar-refractivity contribution in [3.8, 4) is 0 Å². The van der Waals surface area contributed by atoms with E-state index in [0.717, 1.165) is 19.4 Å². The van der Waals surface area contributed by atoms with Gasteiger partial charge >= 0.3 is 0 Å². The van der Waals surface area contributed by atoms with Gasteiger partial charge in [-0.05, 0) is 19.8 Å². The van der Waals surface area contributed by atoms with E-state index >= 15 is 0 Å². The van der Waals surface area contributed by atoms with Crippen molar-refractivity contribution >= 4 is 17.4 Å². The number of aryl methyl sites for hydroxylation is 1. The summed E-state index contributed by atoms with van der Waals surface area (Å²) in [4.78, 5) is 15.7. The summed E-state index contributed by atoms with van der Waals surface area (Å²) in [6.45, 7) is 3.33. The first kappa shape index (κ1) is 12.0. The molecule has 1 aromatic heterocycles. The van der Waals surface area contributed by atoms with Crippen LogP contribution in [0.1, 0.15) is 19.8 Å². The number of hydrogen-bond acceptors (Lipinski definition) is 3. The Morgan fingerprint density at radius 1 is 1.53 bits per heavy atom. The molecule has 1 aromatic rings. The van der Waals surface area contributed by atoms with Gasteiger partial charge in [0.2, 0.25) is 0 Å². The predicted molar refractivity (Wildman–Crippen MR) is 62.6 cm³/mol. The summed E-state index contributed by atoms with van der Waals surface area (Å²) >= 11 is 5.55. The minimum atomic E-state index is -0.0640. The van der Waals surface area contributed by atoms with Gasteiger partial charge < -0.3 is 9.88 Å². The lowest BCUT2D eigenvalue weighted by Crippen LogP contribution is -2.24. The molecule has 0 unspecified atom stereocenters. The first-order valence-corrected chi connectivity index (χ1v) is 5.68. The van der Waals surface area contributed by atoms with Crippen LogP contribution in [0.15, 0.2) is 17.2 Å². The Kier molecular flexibility index (Phi) is 5.18. The van der Waals surface area contributed by atoms with E-state index < -0.39 is 0 Å². The molecule has 0 aromatic carbocycles. The molecule has 4 nitrogen and oxygen atoms in total. The maximum absolute atomic E-state index is 11.7. The number of aromatic nitrogens is 2. The first-order valence-electron chi connectivity index (χ1n) is 5.15. The molecule has 1 rings (SSSR count). The molecule has 0 aliphatic heterocycles. The van der Waals surface area contributed by atoms with Crippen LogP contribution >= 0.6 is 11.6 Å². The van der Waals surface area contributed by atoms with Gasteiger partial charge in [0.15, 0.2) is 5.82 Å². The summed E-state index contributed by atoms with van der Waals surface area (Å²) in [5.74, 6) is 1.08. The highest BCUT2D eigenvalue weighted by atomic mass is 35.5. The zero-order chi connectivity index (χ0) is 11.1. The Labute approximate surface area is 94.3 Å². The van der Waals surface area contributed by atoms with Gasteiger partial charge in [0.1, 0.15) is 0 Å². The van der Waals surface area contributed by atoms with Crippen LogP contribution in [0.2, 0.25) is 0 Å². The SMILES string of the molecule is CCn1ccnc(NCCCCCl)c1=O. The maximum atomic E-state index is 11.7. The average molecular weight is 230 g/mol. The lowest BCUT2D eigenvalue weighted by Gasteiger charge is -2.06. The Bertz CT molecular complexity index is 351. The molecule has 1 N–H and O–H groups in total. The van der Waals surface area contributed by atoms with Crippen LogP contribution in [-0.2, 0) is 6.54 Å². The van der Waals surface area contributed by atoms with Crippen molar-refractivity contribution < 1.29 is 0 Å². The molecule has 84 valence electrons. The summed E-state index contributed by atoms with van der Waals surface area (Å²) in [6.07, 6.45) is 5.22. The molecule has 0 saturated carbocycles. The maximum Gasteiger partial charge on any atom is 0.293 e. The van der Waals surface area contributed by atoms with Crippen molar-refractivity contribution in [2.24, 2.45) is 0 Å². The van der Waals surface area contributed by atoms with E-state index in [4.69, 9.17) is 11.6 Å². The van der Waals surface area contributed by atoms with E-state index in [1.165, 1.54) is 0 Å². The number of anilines is 1. The summed E-state index contributed by atoms with van der Waals surface area (Å²) in [7, 11) is 0. The van der Waals surface area contributed by atoms with E-state index in [9.17, 15) is 4.79 Å². The Morgan fingerprint density at radius 3 is 3.00 bits per heavy atom. The largest absolute Gasteiger partial charge is 0.365 e.